The lowest BCUT2D eigenvalue weighted by Gasteiger charge is -2.10. The van der Waals surface area contributed by atoms with Gasteiger partial charge in [0, 0.05) is 30.8 Å². The van der Waals surface area contributed by atoms with Gasteiger partial charge in [-0.05, 0) is 62.6 Å². The topological polar surface area (TPSA) is 93.5 Å². The molecule has 0 saturated heterocycles. The van der Waals surface area contributed by atoms with Gasteiger partial charge in [0.05, 0.1) is 11.5 Å². The lowest BCUT2D eigenvalue weighted by Crippen LogP contribution is -2.23. The van der Waals surface area contributed by atoms with Crippen molar-refractivity contribution in [1.82, 2.24) is 10.6 Å². The van der Waals surface area contributed by atoms with Crippen LogP contribution in [0.15, 0.2) is 54.6 Å². The minimum atomic E-state index is -0.430. The van der Waals surface area contributed by atoms with Crippen molar-refractivity contribution in [2.24, 2.45) is 0 Å². The van der Waals surface area contributed by atoms with Gasteiger partial charge in [-0.25, -0.2) is 0 Å². The average Bonchev–Trinajstić information content (AvgIpc) is 2.75. The number of carbonyl (C=O) groups excluding carboxylic acids is 1. The zero-order valence-corrected chi connectivity index (χ0v) is 17.5. The van der Waals surface area contributed by atoms with Crippen LogP contribution in [0.2, 0.25) is 0 Å². The highest BCUT2D eigenvalue weighted by Gasteiger charge is 2.04. The molecule has 1 unspecified atom stereocenters. The van der Waals surface area contributed by atoms with Gasteiger partial charge in [0.2, 0.25) is 5.91 Å². The van der Waals surface area contributed by atoms with E-state index in [1.807, 2.05) is 31.3 Å². The fraction of sp³-hybridized carbons (Fsp3) is 0.348. The van der Waals surface area contributed by atoms with E-state index in [2.05, 4.69) is 17.6 Å². The van der Waals surface area contributed by atoms with Crippen LogP contribution in [0.4, 0.5) is 5.69 Å². The summed E-state index contributed by atoms with van der Waals surface area (Å²) in [4.78, 5) is 22.2. The lowest BCUT2D eigenvalue weighted by molar-refractivity contribution is -0.384. The Morgan fingerprint density at radius 2 is 2.00 bits per heavy atom. The molecule has 160 valence electrons. The summed E-state index contributed by atoms with van der Waals surface area (Å²) in [6.07, 6.45) is 5.86. The molecule has 0 radical (unpaired) electrons. The summed E-state index contributed by atoms with van der Waals surface area (Å²) >= 11 is 0. The molecule has 7 heteroatoms. The molecule has 0 spiro atoms. The van der Waals surface area contributed by atoms with Crippen molar-refractivity contribution in [3.8, 4) is 5.75 Å². The average molecular weight is 412 g/mol. The van der Waals surface area contributed by atoms with Crippen molar-refractivity contribution in [3.63, 3.8) is 0 Å². The van der Waals surface area contributed by atoms with Crippen LogP contribution in [-0.4, -0.2) is 37.1 Å². The van der Waals surface area contributed by atoms with Crippen LogP contribution >= 0.6 is 0 Å². The quantitative estimate of drug-likeness (QED) is 0.240. The Balaban J connectivity index is 1.74. The van der Waals surface area contributed by atoms with Crippen LogP contribution in [0.25, 0.3) is 6.08 Å². The van der Waals surface area contributed by atoms with Gasteiger partial charge in [-0.15, -0.1) is 0 Å². The Bertz CT molecular complexity index is 850. The molecule has 0 saturated carbocycles. The maximum Gasteiger partial charge on any atom is 0.269 e. The van der Waals surface area contributed by atoms with Crippen LogP contribution < -0.4 is 15.4 Å². The van der Waals surface area contributed by atoms with E-state index in [0.717, 1.165) is 29.7 Å². The third kappa shape index (κ3) is 8.45. The van der Waals surface area contributed by atoms with Crippen molar-refractivity contribution in [1.29, 1.82) is 0 Å². The van der Waals surface area contributed by atoms with Gasteiger partial charge in [0.1, 0.15) is 5.75 Å². The Morgan fingerprint density at radius 3 is 2.70 bits per heavy atom. The van der Waals surface area contributed by atoms with Crippen molar-refractivity contribution in [3.05, 3.63) is 75.8 Å². The first-order chi connectivity index (χ1) is 14.5. The molecule has 30 heavy (non-hydrogen) atoms. The summed E-state index contributed by atoms with van der Waals surface area (Å²) in [5.74, 6) is 0.595. The molecular weight excluding hydrogens is 382 g/mol. The minimum Gasteiger partial charge on any atom is -0.494 e. The molecule has 0 heterocycles. The highest BCUT2D eigenvalue weighted by atomic mass is 16.6. The first kappa shape index (κ1) is 23.1. The summed E-state index contributed by atoms with van der Waals surface area (Å²) in [6.45, 7) is 3.25. The van der Waals surface area contributed by atoms with E-state index in [9.17, 15) is 14.9 Å². The van der Waals surface area contributed by atoms with Gasteiger partial charge < -0.3 is 15.4 Å². The zero-order chi connectivity index (χ0) is 21.8. The lowest BCUT2D eigenvalue weighted by atomic mass is 10.1. The molecule has 0 bridgehead atoms. The second-order valence-electron chi connectivity index (χ2n) is 7.05. The molecule has 2 aromatic rings. The van der Waals surface area contributed by atoms with Crippen LogP contribution in [0.3, 0.4) is 0 Å². The standard InChI is InChI=1S/C23H29N3O4/c1-18(24-2)5-4-16-30-22-7-3-6-20(17-22)10-13-23(27)25-15-14-19-8-11-21(12-9-19)26(28)29/h3,6-13,17-18,24H,4-5,14-16H2,1-2H3,(H,25,27). The maximum atomic E-state index is 12.0. The van der Waals surface area contributed by atoms with Gasteiger partial charge in [0.15, 0.2) is 0 Å². The molecule has 0 aliphatic rings. The van der Waals surface area contributed by atoms with E-state index in [1.54, 1.807) is 18.2 Å². The van der Waals surface area contributed by atoms with Gasteiger partial charge in [-0.2, -0.15) is 0 Å². The number of hydrogen-bond acceptors (Lipinski definition) is 5. The van der Waals surface area contributed by atoms with Crippen molar-refractivity contribution in [2.45, 2.75) is 32.2 Å². The highest BCUT2D eigenvalue weighted by molar-refractivity contribution is 5.91. The number of carbonyl (C=O) groups is 1. The Morgan fingerprint density at radius 1 is 1.23 bits per heavy atom. The maximum absolute atomic E-state index is 12.0. The molecule has 0 aliphatic heterocycles. The number of nitrogens with one attached hydrogen (secondary N) is 2. The van der Waals surface area contributed by atoms with Crippen LogP contribution in [-0.2, 0) is 11.2 Å². The van der Waals surface area contributed by atoms with Gasteiger partial charge in [-0.1, -0.05) is 24.3 Å². The van der Waals surface area contributed by atoms with Gasteiger partial charge in [-0.3, -0.25) is 14.9 Å². The molecule has 1 amide bonds. The van der Waals surface area contributed by atoms with Crippen molar-refractivity contribution < 1.29 is 14.5 Å². The summed E-state index contributed by atoms with van der Waals surface area (Å²) < 4.78 is 5.78. The van der Waals surface area contributed by atoms with Gasteiger partial charge in [0.25, 0.3) is 5.69 Å². The first-order valence-corrected chi connectivity index (χ1v) is 10.1. The summed E-state index contributed by atoms with van der Waals surface area (Å²) in [7, 11) is 1.95. The molecule has 7 nitrogen and oxygen atoms in total. The first-order valence-electron chi connectivity index (χ1n) is 10.1. The number of non-ortho nitro benzene ring substituents is 1. The second-order valence-corrected chi connectivity index (χ2v) is 7.05. The number of rotatable bonds is 12. The monoisotopic (exact) mass is 411 g/mol. The summed E-state index contributed by atoms with van der Waals surface area (Å²) in [5, 5.41) is 16.7. The molecular formula is C23H29N3O4. The molecule has 0 aromatic heterocycles. The molecule has 2 rings (SSSR count). The SMILES string of the molecule is CNC(C)CCCOc1cccc(C=CC(=O)NCCc2ccc([N+](=O)[O-])cc2)c1. The molecule has 1 atom stereocenters. The minimum absolute atomic E-state index is 0.0597. The van der Waals surface area contributed by atoms with E-state index < -0.39 is 4.92 Å². The largest absolute Gasteiger partial charge is 0.494 e. The van der Waals surface area contributed by atoms with E-state index in [0.29, 0.717) is 25.6 Å². The third-order valence-corrected chi connectivity index (χ3v) is 4.69. The van der Waals surface area contributed by atoms with Crippen LogP contribution in [0.5, 0.6) is 5.75 Å². The number of ether oxygens (including phenoxy) is 1. The predicted molar refractivity (Wildman–Crippen MR) is 119 cm³/mol. The number of benzene rings is 2. The normalized spacial score (nSPS) is 11.9. The van der Waals surface area contributed by atoms with Crippen molar-refractivity contribution >= 4 is 17.7 Å². The van der Waals surface area contributed by atoms with Crippen LogP contribution in [0, 0.1) is 10.1 Å². The van der Waals surface area contributed by atoms with Crippen molar-refractivity contribution in [2.75, 3.05) is 20.2 Å². The molecule has 0 fully saturated rings. The third-order valence-electron chi connectivity index (χ3n) is 4.69. The van der Waals surface area contributed by atoms with E-state index >= 15 is 0 Å². The van der Waals surface area contributed by atoms with E-state index in [-0.39, 0.29) is 11.6 Å². The number of nitro groups is 1. The molecule has 2 N–H and O–H groups in total. The summed E-state index contributed by atoms with van der Waals surface area (Å²) in [6, 6.07) is 14.4. The fourth-order valence-corrected chi connectivity index (χ4v) is 2.78. The predicted octanol–water partition coefficient (Wildman–Crippen LogP) is 3.73. The van der Waals surface area contributed by atoms with Gasteiger partial charge >= 0.3 is 0 Å². The number of amides is 1. The Labute approximate surface area is 177 Å². The number of hydrogen-bond donors (Lipinski definition) is 2. The Hall–Kier alpha value is -3.19. The van der Waals surface area contributed by atoms with Crippen LogP contribution in [0.1, 0.15) is 30.9 Å². The zero-order valence-electron chi connectivity index (χ0n) is 17.5. The van der Waals surface area contributed by atoms with E-state index in [1.165, 1.54) is 18.2 Å². The highest BCUT2D eigenvalue weighted by Crippen LogP contribution is 2.15. The summed E-state index contributed by atoms with van der Waals surface area (Å²) in [5.41, 5.74) is 1.88. The van der Waals surface area contributed by atoms with E-state index in [4.69, 9.17) is 4.74 Å². The number of nitrogens with zero attached hydrogens (tertiary/aromatic N) is 1. The Kier molecular flexibility index (Phi) is 9.54. The second kappa shape index (κ2) is 12.4. The fourth-order valence-electron chi connectivity index (χ4n) is 2.78. The number of nitro benzene ring substituents is 1. The molecule has 2 aromatic carbocycles. The smallest absolute Gasteiger partial charge is 0.269 e. The molecule has 0 aliphatic carbocycles.